The van der Waals surface area contributed by atoms with Crippen molar-refractivity contribution in [2.75, 3.05) is 32.4 Å². The molecule has 0 aliphatic carbocycles. The van der Waals surface area contributed by atoms with E-state index in [1.807, 2.05) is 0 Å². The second kappa shape index (κ2) is 5.83. The summed E-state index contributed by atoms with van der Waals surface area (Å²) >= 11 is 0. The fraction of sp³-hybridized carbons (Fsp3) is 0.615. The lowest BCUT2D eigenvalue weighted by Crippen LogP contribution is -2.48. The average molecular weight is 356 g/mol. The zero-order valence-electron chi connectivity index (χ0n) is 13.8. The highest BCUT2D eigenvalue weighted by Gasteiger charge is 2.24. The predicted molar refractivity (Wildman–Crippen MR) is 88.2 cm³/mol. The van der Waals surface area contributed by atoms with Gasteiger partial charge in [-0.1, -0.05) is 0 Å². The summed E-state index contributed by atoms with van der Waals surface area (Å²) in [5, 5.41) is 0. The van der Waals surface area contributed by atoms with E-state index in [-0.39, 0.29) is 5.52 Å². The van der Waals surface area contributed by atoms with E-state index >= 15 is 0 Å². The molecule has 0 amide bonds. The maximum Gasteiger partial charge on any atom is 0.332 e. The van der Waals surface area contributed by atoms with Gasteiger partial charge in [0.05, 0.1) is 19.3 Å². The summed E-state index contributed by atoms with van der Waals surface area (Å²) in [5.74, 6) is 0. The first kappa shape index (κ1) is 16.9. The van der Waals surface area contributed by atoms with E-state index in [4.69, 9.17) is 0 Å². The maximum absolute atomic E-state index is 12.1. The Labute approximate surface area is 138 Å². The SMILES string of the molecule is Cn1c(=O)c2ncn(CN3CCN(S(C)(=O)=O)CC3)c2n(C)c1=O. The molecule has 0 radical (unpaired) electrons. The molecule has 2 aromatic heterocycles. The molecular formula is C13H20N6O4S. The molecule has 3 rings (SSSR count). The Bertz CT molecular complexity index is 994. The van der Waals surface area contributed by atoms with E-state index in [2.05, 4.69) is 9.88 Å². The minimum Gasteiger partial charge on any atom is -0.303 e. The van der Waals surface area contributed by atoms with Crippen molar-refractivity contribution in [1.29, 1.82) is 0 Å². The summed E-state index contributed by atoms with van der Waals surface area (Å²) in [7, 11) is -0.146. The van der Waals surface area contributed by atoms with Crippen LogP contribution in [-0.4, -0.2) is 68.7 Å². The van der Waals surface area contributed by atoms with Crippen molar-refractivity contribution < 1.29 is 8.42 Å². The standard InChI is InChI=1S/C13H20N6O4S/c1-15-11-10(12(20)16(2)13(15)21)14-8-18(11)9-17-4-6-19(7-5-17)24(3,22)23/h8H,4-7,9H2,1-3H3. The third-order valence-electron chi connectivity index (χ3n) is 4.36. The van der Waals surface area contributed by atoms with Gasteiger partial charge in [-0.25, -0.2) is 18.2 Å². The van der Waals surface area contributed by atoms with Crippen molar-refractivity contribution in [1.82, 2.24) is 27.9 Å². The Kier molecular flexibility index (Phi) is 4.10. The first-order valence-corrected chi connectivity index (χ1v) is 9.33. The number of piperazine rings is 1. The Morgan fingerprint density at radius 3 is 2.29 bits per heavy atom. The lowest BCUT2D eigenvalue weighted by atomic mass is 10.4. The summed E-state index contributed by atoms with van der Waals surface area (Å²) in [5.41, 5.74) is -0.118. The topological polar surface area (TPSA) is 102 Å². The van der Waals surface area contributed by atoms with Crippen molar-refractivity contribution in [2.45, 2.75) is 6.67 Å². The molecule has 10 nitrogen and oxygen atoms in total. The van der Waals surface area contributed by atoms with E-state index in [0.29, 0.717) is 38.5 Å². The summed E-state index contributed by atoms with van der Waals surface area (Å²) in [6.45, 7) is 2.43. The maximum atomic E-state index is 12.1. The minimum absolute atomic E-state index is 0.245. The Hall–Kier alpha value is -1.98. The monoisotopic (exact) mass is 356 g/mol. The van der Waals surface area contributed by atoms with Crippen LogP contribution in [0.3, 0.4) is 0 Å². The van der Waals surface area contributed by atoms with Crippen molar-refractivity contribution in [3.63, 3.8) is 0 Å². The van der Waals surface area contributed by atoms with Crippen molar-refractivity contribution in [2.24, 2.45) is 14.1 Å². The van der Waals surface area contributed by atoms with Crippen LogP contribution in [-0.2, 0) is 30.8 Å². The second-order valence-corrected chi connectivity index (χ2v) is 8.00. The van der Waals surface area contributed by atoms with E-state index < -0.39 is 21.3 Å². The summed E-state index contributed by atoms with van der Waals surface area (Å²) in [4.78, 5) is 30.4. The molecule has 0 aromatic carbocycles. The third kappa shape index (κ3) is 2.78. The van der Waals surface area contributed by atoms with Crippen LogP contribution in [0.5, 0.6) is 0 Å². The van der Waals surface area contributed by atoms with Crippen LogP contribution >= 0.6 is 0 Å². The number of aromatic nitrogens is 4. The van der Waals surface area contributed by atoms with Crippen LogP contribution in [0.4, 0.5) is 0 Å². The minimum atomic E-state index is -3.17. The van der Waals surface area contributed by atoms with E-state index in [1.165, 1.54) is 28.5 Å². The van der Waals surface area contributed by atoms with Gasteiger partial charge in [-0.15, -0.1) is 0 Å². The van der Waals surface area contributed by atoms with Crippen LogP contribution in [0.15, 0.2) is 15.9 Å². The zero-order valence-corrected chi connectivity index (χ0v) is 14.7. The molecule has 0 spiro atoms. The van der Waals surface area contributed by atoms with Crippen LogP contribution in [0.2, 0.25) is 0 Å². The molecule has 0 N–H and O–H groups in total. The smallest absolute Gasteiger partial charge is 0.303 e. The Morgan fingerprint density at radius 1 is 1.08 bits per heavy atom. The largest absolute Gasteiger partial charge is 0.332 e. The van der Waals surface area contributed by atoms with Gasteiger partial charge in [0, 0.05) is 40.3 Å². The fourth-order valence-corrected chi connectivity index (χ4v) is 3.79. The van der Waals surface area contributed by atoms with E-state index in [0.717, 1.165) is 4.57 Å². The molecule has 24 heavy (non-hydrogen) atoms. The number of nitrogens with zero attached hydrogens (tertiary/aromatic N) is 6. The van der Waals surface area contributed by atoms with Gasteiger partial charge in [-0.05, 0) is 0 Å². The molecule has 132 valence electrons. The van der Waals surface area contributed by atoms with Gasteiger partial charge in [0.1, 0.15) is 0 Å². The number of sulfonamides is 1. The Balaban J connectivity index is 1.88. The molecule has 3 heterocycles. The normalized spacial score (nSPS) is 17.6. The second-order valence-electron chi connectivity index (χ2n) is 6.01. The predicted octanol–water partition coefficient (Wildman–Crippen LogP) is -2.03. The molecule has 0 bridgehead atoms. The molecule has 0 unspecified atom stereocenters. The first-order valence-electron chi connectivity index (χ1n) is 7.48. The molecule has 1 saturated heterocycles. The summed E-state index contributed by atoms with van der Waals surface area (Å²) in [6.07, 6.45) is 2.74. The molecular weight excluding hydrogens is 336 g/mol. The van der Waals surface area contributed by atoms with E-state index in [9.17, 15) is 18.0 Å². The zero-order chi connectivity index (χ0) is 17.6. The van der Waals surface area contributed by atoms with Gasteiger partial charge < -0.3 is 4.57 Å². The highest BCUT2D eigenvalue weighted by Crippen LogP contribution is 2.11. The molecule has 2 aromatic rings. The number of fused-ring (bicyclic) bond motifs is 1. The number of hydrogen-bond donors (Lipinski definition) is 0. The van der Waals surface area contributed by atoms with Gasteiger partial charge in [-0.2, -0.15) is 4.31 Å². The quantitative estimate of drug-likeness (QED) is 0.628. The van der Waals surface area contributed by atoms with Gasteiger partial charge in [0.15, 0.2) is 11.2 Å². The van der Waals surface area contributed by atoms with Gasteiger partial charge in [-0.3, -0.25) is 18.8 Å². The van der Waals surface area contributed by atoms with Gasteiger partial charge >= 0.3 is 5.69 Å². The van der Waals surface area contributed by atoms with Gasteiger partial charge in [0.25, 0.3) is 5.56 Å². The number of rotatable bonds is 3. The first-order chi connectivity index (χ1) is 11.2. The molecule has 11 heteroatoms. The molecule has 0 atom stereocenters. The highest BCUT2D eigenvalue weighted by atomic mass is 32.2. The Morgan fingerprint density at radius 2 is 1.71 bits per heavy atom. The lowest BCUT2D eigenvalue weighted by Gasteiger charge is -2.33. The lowest BCUT2D eigenvalue weighted by molar-refractivity contribution is 0.154. The molecule has 1 aliphatic rings. The van der Waals surface area contributed by atoms with Crippen molar-refractivity contribution >= 4 is 21.2 Å². The number of imidazole rings is 1. The third-order valence-corrected chi connectivity index (χ3v) is 5.66. The number of aryl methyl sites for hydroxylation is 1. The van der Waals surface area contributed by atoms with Gasteiger partial charge in [0.2, 0.25) is 10.0 Å². The van der Waals surface area contributed by atoms with Crippen LogP contribution in [0.25, 0.3) is 11.2 Å². The fourth-order valence-electron chi connectivity index (χ4n) is 2.96. The highest BCUT2D eigenvalue weighted by molar-refractivity contribution is 7.88. The van der Waals surface area contributed by atoms with Crippen LogP contribution < -0.4 is 11.2 Å². The van der Waals surface area contributed by atoms with Crippen LogP contribution in [0.1, 0.15) is 0 Å². The summed E-state index contributed by atoms with van der Waals surface area (Å²) in [6, 6.07) is 0. The van der Waals surface area contributed by atoms with Crippen molar-refractivity contribution in [3.05, 3.63) is 27.2 Å². The molecule has 0 saturated carbocycles. The van der Waals surface area contributed by atoms with Crippen LogP contribution in [0, 0.1) is 0 Å². The summed E-state index contributed by atoms with van der Waals surface area (Å²) < 4.78 is 28.7. The average Bonchev–Trinajstić information content (AvgIpc) is 2.94. The molecule has 1 aliphatic heterocycles. The number of hydrogen-bond acceptors (Lipinski definition) is 6. The van der Waals surface area contributed by atoms with E-state index in [1.54, 1.807) is 11.6 Å². The van der Waals surface area contributed by atoms with Crippen molar-refractivity contribution in [3.8, 4) is 0 Å². The molecule has 1 fully saturated rings.